The minimum absolute atomic E-state index is 0.000561. The molecule has 16 heavy (non-hydrogen) atoms. The van der Waals surface area contributed by atoms with Gasteiger partial charge < -0.3 is 10.4 Å². The van der Waals surface area contributed by atoms with Crippen molar-refractivity contribution < 1.29 is 13.5 Å². The van der Waals surface area contributed by atoms with E-state index in [-0.39, 0.29) is 18.4 Å². The molecule has 0 aromatic carbocycles. The molecule has 1 aliphatic heterocycles. The van der Waals surface area contributed by atoms with E-state index in [9.17, 15) is 8.42 Å². The van der Waals surface area contributed by atoms with Crippen LogP contribution in [-0.4, -0.2) is 56.4 Å². The second-order valence-electron chi connectivity index (χ2n) is 4.19. The number of sulfonamides is 1. The summed E-state index contributed by atoms with van der Waals surface area (Å²) in [6, 6.07) is 0.000561. The van der Waals surface area contributed by atoms with E-state index in [0.717, 1.165) is 19.3 Å². The zero-order chi connectivity index (χ0) is 12.0. The van der Waals surface area contributed by atoms with Crippen molar-refractivity contribution in [3.05, 3.63) is 0 Å². The molecule has 2 N–H and O–H groups in total. The van der Waals surface area contributed by atoms with Crippen LogP contribution in [0.4, 0.5) is 0 Å². The predicted octanol–water partition coefficient (Wildman–Crippen LogP) is -0.227. The lowest BCUT2D eigenvalue weighted by atomic mass is 10.0. The van der Waals surface area contributed by atoms with Crippen LogP contribution < -0.4 is 5.32 Å². The summed E-state index contributed by atoms with van der Waals surface area (Å²) in [4.78, 5) is 0. The fourth-order valence-corrected chi connectivity index (χ4v) is 3.89. The Morgan fingerprint density at radius 2 is 2.19 bits per heavy atom. The average Bonchev–Trinajstić information content (AvgIpc) is 2.27. The maximum Gasteiger partial charge on any atom is 0.215 e. The van der Waals surface area contributed by atoms with Gasteiger partial charge in [0.2, 0.25) is 10.0 Å². The van der Waals surface area contributed by atoms with Gasteiger partial charge in [0.1, 0.15) is 0 Å². The Labute approximate surface area is 97.9 Å². The van der Waals surface area contributed by atoms with Crippen LogP contribution in [-0.2, 0) is 10.0 Å². The number of aliphatic hydroxyl groups is 1. The van der Waals surface area contributed by atoms with E-state index in [1.54, 1.807) is 11.4 Å². The van der Waals surface area contributed by atoms with Crippen molar-refractivity contribution in [1.82, 2.24) is 9.62 Å². The average molecular weight is 250 g/mol. The Balaban J connectivity index is 2.66. The van der Waals surface area contributed by atoms with Crippen molar-refractivity contribution in [1.29, 1.82) is 0 Å². The van der Waals surface area contributed by atoms with Crippen LogP contribution in [0.15, 0.2) is 0 Å². The van der Waals surface area contributed by atoms with Gasteiger partial charge in [-0.1, -0.05) is 6.42 Å². The molecule has 0 spiro atoms. The van der Waals surface area contributed by atoms with Gasteiger partial charge in [-0.3, -0.25) is 0 Å². The van der Waals surface area contributed by atoms with Crippen LogP contribution in [0.2, 0.25) is 0 Å². The second kappa shape index (κ2) is 6.54. The Morgan fingerprint density at radius 1 is 1.44 bits per heavy atom. The van der Waals surface area contributed by atoms with Crippen molar-refractivity contribution in [3.8, 4) is 0 Å². The standard InChI is InChI=1S/C10H22N2O3S/c1-11-6-9-16(14,15)12-7-3-2-4-10(12)5-8-13/h10-11,13H,2-9H2,1H3. The maximum atomic E-state index is 12.0. The topological polar surface area (TPSA) is 69.6 Å². The van der Waals surface area contributed by atoms with E-state index in [1.165, 1.54) is 0 Å². The summed E-state index contributed by atoms with van der Waals surface area (Å²) in [5, 5.41) is 11.8. The first kappa shape index (κ1) is 13.9. The van der Waals surface area contributed by atoms with Crippen LogP contribution in [0, 0.1) is 0 Å². The minimum Gasteiger partial charge on any atom is -0.396 e. The summed E-state index contributed by atoms with van der Waals surface area (Å²) in [5.41, 5.74) is 0. The number of aliphatic hydroxyl groups excluding tert-OH is 1. The molecule has 1 rings (SSSR count). The molecule has 6 heteroatoms. The van der Waals surface area contributed by atoms with Crippen LogP contribution in [0.3, 0.4) is 0 Å². The SMILES string of the molecule is CNCCS(=O)(=O)N1CCCCC1CCO. The summed E-state index contributed by atoms with van der Waals surface area (Å²) in [5.74, 6) is 0.144. The fourth-order valence-electron chi connectivity index (χ4n) is 2.13. The fraction of sp³-hybridized carbons (Fsp3) is 1.00. The van der Waals surface area contributed by atoms with E-state index in [0.29, 0.717) is 19.5 Å². The molecule has 5 nitrogen and oxygen atoms in total. The number of hydrogen-bond donors (Lipinski definition) is 2. The van der Waals surface area contributed by atoms with Gasteiger partial charge in [-0.2, -0.15) is 4.31 Å². The lowest BCUT2D eigenvalue weighted by molar-refractivity contribution is 0.192. The summed E-state index contributed by atoms with van der Waals surface area (Å²) in [7, 11) is -1.41. The van der Waals surface area contributed by atoms with Gasteiger partial charge >= 0.3 is 0 Å². The van der Waals surface area contributed by atoms with Crippen LogP contribution in [0.5, 0.6) is 0 Å². The summed E-state index contributed by atoms with van der Waals surface area (Å²) < 4.78 is 25.7. The number of hydrogen-bond acceptors (Lipinski definition) is 4. The maximum absolute atomic E-state index is 12.0. The molecule has 1 unspecified atom stereocenters. The molecule has 0 aromatic heterocycles. The summed E-state index contributed by atoms with van der Waals surface area (Å²) in [6.07, 6.45) is 3.42. The second-order valence-corrected chi connectivity index (χ2v) is 6.23. The first-order valence-corrected chi connectivity index (χ1v) is 7.47. The Kier molecular flexibility index (Phi) is 5.68. The molecule has 96 valence electrons. The molecular formula is C10H22N2O3S. The molecule has 0 aliphatic carbocycles. The molecule has 1 heterocycles. The highest BCUT2D eigenvalue weighted by Crippen LogP contribution is 2.22. The highest BCUT2D eigenvalue weighted by molar-refractivity contribution is 7.89. The normalized spacial score (nSPS) is 23.5. The van der Waals surface area contributed by atoms with Gasteiger partial charge in [0.15, 0.2) is 0 Å². The number of rotatable bonds is 6. The van der Waals surface area contributed by atoms with Gasteiger partial charge in [-0.15, -0.1) is 0 Å². The van der Waals surface area contributed by atoms with Crippen molar-refractivity contribution in [2.45, 2.75) is 31.7 Å². The third-order valence-electron chi connectivity index (χ3n) is 3.00. The molecule has 0 aromatic rings. The number of nitrogens with zero attached hydrogens (tertiary/aromatic N) is 1. The lowest BCUT2D eigenvalue weighted by Gasteiger charge is -2.34. The third-order valence-corrected chi connectivity index (χ3v) is 4.92. The van der Waals surface area contributed by atoms with Gasteiger partial charge in [0.25, 0.3) is 0 Å². The van der Waals surface area contributed by atoms with Gasteiger partial charge in [0, 0.05) is 25.7 Å². The van der Waals surface area contributed by atoms with E-state index < -0.39 is 10.0 Å². The van der Waals surface area contributed by atoms with Crippen molar-refractivity contribution >= 4 is 10.0 Å². The Morgan fingerprint density at radius 3 is 2.81 bits per heavy atom. The van der Waals surface area contributed by atoms with E-state index in [2.05, 4.69) is 5.32 Å². The molecule has 1 saturated heterocycles. The molecule has 1 aliphatic rings. The zero-order valence-corrected chi connectivity index (χ0v) is 10.7. The first-order valence-electron chi connectivity index (χ1n) is 5.87. The molecule has 0 amide bonds. The third kappa shape index (κ3) is 3.69. The molecule has 0 radical (unpaired) electrons. The van der Waals surface area contributed by atoms with Crippen LogP contribution in [0.1, 0.15) is 25.7 Å². The first-order chi connectivity index (χ1) is 7.61. The molecule has 0 saturated carbocycles. The monoisotopic (exact) mass is 250 g/mol. The van der Waals surface area contributed by atoms with Crippen molar-refractivity contribution in [2.24, 2.45) is 0 Å². The van der Waals surface area contributed by atoms with Gasteiger partial charge in [0.05, 0.1) is 5.75 Å². The molecule has 0 bridgehead atoms. The van der Waals surface area contributed by atoms with Crippen molar-refractivity contribution in [3.63, 3.8) is 0 Å². The Hall–Kier alpha value is -0.170. The summed E-state index contributed by atoms with van der Waals surface area (Å²) in [6.45, 7) is 1.14. The van der Waals surface area contributed by atoms with Crippen LogP contribution >= 0.6 is 0 Å². The number of nitrogens with one attached hydrogen (secondary N) is 1. The van der Waals surface area contributed by atoms with Crippen LogP contribution in [0.25, 0.3) is 0 Å². The molecule has 1 atom stereocenters. The zero-order valence-electron chi connectivity index (χ0n) is 9.85. The largest absolute Gasteiger partial charge is 0.396 e. The van der Waals surface area contributed by atoms with Gasteiger partial charge in [-0.05, 0) is 26.3 Å². The molecular weight excluding hydrogens is 228 g/mol. The lowest BCUT2D eigenvalue weighted by Crippen LogP contribution is -2.46. The van der Waals surface area contributed by atoms with E-state index in [1.807, 2.05) is 0 Å². The Bertz CT molecular complexity index is 290. The van der Waals surface area contributed by atoms with E-state index in [4.69, 9.17) is 5.11 Å². The van der Waals surface area contributed by atoms with Crippen molar-refractivity contribution in [2.75, 3.05) is 32.5 Å². The molecule has 1 fully saturated rings. The highest BCUT2D eigenvalue weighted by Gasteiger charge is 2.31. The quantitative estimate of drug-likeness (QED) is 0.683. The summed E-state index contributed by atoms with van der Waals surface area (Å²) >= 11 is 0. The smallest absolute Gasteiger partial charge is 0.215 e. The predicted molar refractivity (Wildman–Crippen MR) is 63.8 cm³/mol. The highest BCUT2D eigenvalue weighted by atomic mass is 32.2. The van der Waals surface area contributed by atoms with Gasteiger partial charge in [-0.25, -0.2) is 8.42 Å². The minimum atomic E-state index is -3.16. The van der Waals surface area contributed by atoms with E-state index >= 15 is 0 Å². The number of piperidine rings is 1.